The Hall–Kier alpha value is -2.00. The number of amides is 1. The molecule has 2 rings (SSSR count). The van der Waals surface area contributed by atoms with Crippen molar-refractivity contribution in [3.8, 4) is 0 Å². The van der Waals surface area contributed by atoms with Crippen molar-refractivity contribution < 1.29 is 4.79 Å². The molecule has 0 aliphatic rings. The first-order chi connectivity index (χ1) is 9.86. The molecule has 3 N–H and O–H groups in total. The van der Waals surface area contributed by atoms with E-state index in [2.05, 4.69) is 44.3 Å². The van der Waals surface area contributed by atoms with Crippen molar-refractivity contribution in [3.05, 3.63) is 63.7 Å². The van der Waals surface area contributed by atoms with Crippen molar-refractivity contribution in [3.63, 3.8) is 0 Å². The Bertz CT molecular complexity index is 662. The summed E-state index contributed by atoms with van der Waals surface area (Å²) in [6.45, 7) is 6.26. The van der Waals surface area contributed by atoms with Gasteiger partial charge in [-0.3, -0.25) is 4.79 Å². The molecular weight excluding hydrogens is 284 g/mol. The molecular formula is C17H19ClN2O. The number of carbonyl (C=O) groups is 1. The molecule has 1 amide bonds. The predicted octanol–water partition coefficient (Wildman–Crippen LogP) is 4.23. The summed E-state index contributed by atoms with van der Waals surface area (Å²) < 4.78 is 0. The summed E-state index contributed by atoms with van der Waals surface area (Å²) in [5.74, 6) is -0.520. The minimum Gasteiger partial charge on any atom is -0.378 e. The second-order valence-electron chi connectivity index (χ2n) is 5.35. The third-order valence-electron chi connectivity index (χ3n) is 3.36. The minimum atomic E-state index is -0.520. The molecule has 0 fully saturated rings. The van der Waals surface area contributed by atoms with Crippen LogP contribution < -0.4 is 11.1 Å². The number of nitrogens with one attached hydrogen (secondary N) is 1. The zero-order valence-electron chi connectivity index (χ0n) is 12.4. The van der Waals surface area contributed by atoms with E-state index in [0.717, 1.165) is 5.69 Å². The lowest BCUT2D eigenvalue weighted by atomic mass is 10.0. The molecule has 0 aliphatic carbocycles. The van der Waals surface area contributed by atoms with Gasteiger partial charge < -0.3 is 11.1 Å². The van der Waals surface area contributed by atoms with E-state index in [4.69, 9.17) is 17.3 Å². The van der Waals surface area contributed by atoms with Gasteiger partial charge in [0.2, 0.25) is 5.91 Å². The second-order valence-corrected chi connectivity index (χ2v) is 5.75. The van der Waals surface area contributed by atoms with Crippen molar-refractivity contribution in [2.24, 2.45) is 5.73 Å². The number of halogens is 1. The Morgan fingerprint density at radius 3 is 2.29 bits per heavy atom. The van der Waals surface area contributed by atoms with E-state index in [9.17, 15) is 4.79 Å². The largest absolute Gasteiger partial charge is 0.378 e. The Labute approximate surface area is 130 Å². The van der Waals surface area contributed by atoms with E-state index in [-0.39, 0.29) is 6.04 Å². The lowest BCUT2D eigenvalue weighted by molar-refractivity contribution is 0.100. The quantitative estimate of drug-likeness (QED) is 0.888. The van der Waals surface area contributed by atoms with E-state index < -0.39 is 5.91 Å². The van der Waals surface area contributed by atoms with Crippen molar-refractivity contribution in [2.45, 2.75) is 26.8 Å². The zero-order chi connectivity index (χ0) is 15.6. The molecule has 1 unspecified atom stereocenters. The van der Waals surface area contributed by atoms with Crippen molar-refractivity contribution in [2.75, 3.05) is 5.32 Å². The third-order valence-corrected chi connectivity index (χ3v) is 3.67. The molecule has 0 radical (unpaired) electrons. The van der Waals surface area contributed by atoms with Gasteiger partial charge in [-0.2, -0.15) is 0 Å². The third kappa shape index (κ3) is 3.76. The summed E-state index contributed by atoms with van der Waals surface area (Å²) in [6.07, 6.45) is 0. The highest BCUT2D eigenvalue weighted by Crippen LogP contribution is 2.25. The lowest BCUT2D eigenvalue weighted by Crippen LogP contribution is -2.12. The van der Waals surface area contributed by atoms with E-state index >= 15 is 0 Å². The topological polar surface area (TPSA) is 55.1 Å². The van der Waals surface area contributed by atoms with Crippen LogP contribution in [0.15, 0.2) is 36.4 Å². The van der Waals surface area contributed by atoms with Crippen LogP contribution in [0, 0.1) is 13.8 Å². The predicted molar refractivity (Wildman–Crippen MR) is 87.9 cm³/mol. The molecule has 1 atom stereocenters. The van der Waals surface area contributed by atoms with E-state index in [1.54, 1.807) is 12.1 Å². The lowest BCUT2D eigenvalue weighted by Gasteiger charge is -2.17. The van der Waals surface area contributed by atoms with Crippen molar-refractivity contribution >= 4 is 23.2 Å². The number of carbonyl (C=O) groups excluding carboxylic acids is 1. The Kier molecular flexibility index (Phi) is 4.53. The Balaban J connectivity index is 2.21. The van der Waals surface area contributed by atoms with E-state index in [1.807, 2.05) is 6.07 Å². The molecule has 2 aromatic carbocycles. The summed E-state index contributed by atoms with van der Waals surface area (Å²) in [4.78, 5) is 11.2. The average Bonchev–Trinajstić information content (AvgIpc) is 2.37. The molecule has 110 valence electrons. The van der Waals surface area contributed by atoms with E-state index in [1.165, 1.54) is 16.7 Å². The summed E-state index contributed by atoms with van der Waals surface area (Å²) in [6, 6.07) is 11.8. The van der Waals surface area contributed by atoms with Gasteiger partial charge in [0.15, 0.2) is 0 Å². The fourth-order valence-electron chi connectivity index (χ4n) is 2.40. The highest BCUT2D eigenvalue weighted by atomic mass is 35.5. The van der Waals surface area contributed by atoms with Crippen LogP contribution in [0.3, 0.4) is 0 Å². The maximum atomic E-state index is 11.2. The summed E-state index contributed by atoms with van der Waals surface area (Å²) in [5.41, 5.74) is 10.1. The van der Waals surface area contributed by atoms with Crippen molar-refractivity contribution in [1.82, 2.24) is 0 Å². The van der Waals surface area contributed by atoms with E-state index in [0.29, 0.717) is 10.6 Å². The molecule has 0 saturated heterocycles. The number of primary amides is 1. The van der Waals surface area contributed by atoms with Crippen LogP contribution in [0.4, 0.5) is 5.69 Å². The number of hydrogen-bond acceptors (Lipinski definition) is 2. The Morgan fingerprint density at radius 1 is 1.14 bits per heavy atom. The number of benzene rings is 2. The summed E-state index contributed by atoms with van der Waals surface area (Å²) in [7, 11) is 0. The standard InChI is InChI=1S/C17H19ClN2O/c1-10-6-11(2)8-13(7-10)12(3)20-14-4-5-15(17(19)21)16(18)9-14/h4-9,12,20H,1-3H3,(H2,19,21). The van der Waals surface area contributed by atoms with Crippen LogP contribution in [0.1, 0.15) is 40.0 Å². The molecule has 3 nitrogen and oxygen atoms in total. The highest BCUT2D eigenvalue weighted by Gasteiger charge is 2.10. The second kappa shape index (κ2) is 6.19. The van der Waals surface area contributed by atoms with Gasteiger partial charge in [0, 0.05) is 11.7 Å². The average molecular weight is 303 g/mol. The number of rotatable bonds is 4. The van der Waals surface area contributed by atoms with Crippen molar-refractivity contribution in [1.29, 1.82) is 0 Å². The Morgan fingerprint density at radius 2 is 1.76 bits per heavy atom. The molecule has 0 heterocycles. The van der Waals surface area contributed by atoms with Gasteiger partial charge in [-0.25, -0.2) is 0 Å². The molecule has 0 aliphatic heterocycles. The number of nitrogens with two attached hydrogens (primary N) is 1. The van der Waals surface area contributed by atoms with Gasteiger partial charge >= 0.3 is 0 Å². The smallest absolute Gasteiger partial charge is 0.250 e. The molecule has 2 aromatic rings. The molecule has 0 bridgehead atoms. The first kappa shape index (κ1) is 15.4. The molecule has 4 heteroatoms. The van der Waals surface area contributed by atoms with Crippen LogP contribution in [-0.2, 0) is 0 Å². The van der Waals surface area contributed by atoms with Gasteiger partial charge in [-0.15, -0.1) is 0 Å². The zero-order valence-corrected chi connectivity index (χ0v) is 13.2. The van der Waals surface area contributed by atoms with Gasteiger partial charge in [0.05, 0.1) is 10.6 Å². The molecule has 21 heavy (non-hydrogen) atoms. The van der Waals surface area contributed by atoms with Gasteiger partial charge in [0.25, 0.3) is 0 Å². The fraction of sp³-hybridized carbons (Fsp3) is 0.235. The number of hydrogen-bond donors (Lipinski definition) is 2. The van der Waals surface area contributed by atoms with Crippen LogP contribution in [0.5, 0.6) is 0 Å². The fourth-order valence-corrected chi connectivity index (χ4v) is 2.67. The monoisotopic (exact) mass is 302 g/mol. The van der Waals surface area contributed by atoms with Gasteiger partial charge in [0.1, 0.15) is 0 Å². The van der Waals surface area contributed by atoms with Crippen LogP contribution >= 0.6 is 11.6 Å². The van der Waals surface area contributed by atoms with Gasteiger partial charge in [-0.05, 0) is 44.5 Å². The number of aryl methyl sites for hydroxylation is 2. The van der Waals surface area contributed by atoms with Crippen LogP contribution in [0.25, 0.3) is 0 Å². The van der Waals surface area contributed by atoms with Crippen LogP contribution in [0.2, 0.25) is 5.02 Å². The number of anilines is 1. The first-order valence-electron chi connectivity index (χ1n) is 6.81. The minimum absolute atomic E-state index is 0.138. The van der Waals surface area contributed by atoms with Gasteiger partial charge in [-0.1, -0.05) is 40.9 Å². The summed E-state index contributed by atoms with van der Waals surface area (Å²) >= 11 is 6.06. The normalized spacial score (nSPS) is 12.0. The maximum Gasteiger partial charge on any atom is 0.250 e. The highest BCUT2D eigenvalue weighted by molar-refractivity contribution is 6.34. The maximum absolute atomic E-state index is 11.2. The SMILES string of the molecule is Cc1cc(C)cc(C(C)Nc2ccc(C(N)=O)c(Cl)c2)c1. The molecule has 0 spiro atoms. The first-order valence-corrected chi connectivity index (χ1v) is 7.18. The molecule has 0 saturated carbocycles. The molecule has 0 aromatic heterocycles. The summed E-state index contributed by atoms with van der Waals surface area (Å²) in [5, 5.41) is 3.74. The van der Waals surface area contributed by atoms with Crippen LogP contribution in [-0.4, -0.2) is 5.91 Å².